The van der Waals surface area contributed by atoms with Crippen LogP contribution in [0.1, 0.15) is 31.7 Å². The monoisotopic (exact) mass is 381 g/mol. The standard InChI is InChI=1S/C23H31N3O2/c1-18(16-23(27)25-20-8-10-22(28-2)11-9-20)24-21-12-14-26(15-13-21)17-19-6-4-3-5-7-19/h3-11,18,21,24H,12-17H2,1-2H3,(H,25,27)/t18-/m0/s1. The number of benzene rings is 2. The van der Waals surface area contributed by atoms with Crippen LogP contribution in [-0.4, -0.2) is 43.1 Å². The molecule has 0 unspecified atom stereocenters. The quantitative estimate of drug-likeness (QED) is 0.733. The Labute approximate surface area is 168 Å². The van der Waals surface area contributed by atoms with Gasteiger partial charge in [0.15, 0.2) is 0 Å². The second-order valence-electron chi connectivity index (χ2n) is 7.58. The van der Waals surface area contributed by atoms with E-state index in [2.05, 4.69) is 52.8 Å². The molecular formula is C23H31N3O2. The summed E-state index contributed by atoms with van der Waals surface area (Å²) in [6.45, 7) is 5.30. The number of hydrogen-bond donors (Lipinski definition) is 2. The molecule has 3 rings (SSSR count). The predicted octanol–water partition coefficient (Wildman–Crippen LogP) is 3.67. The zero-order valence-corrected chi connectivity index (χ0v) is 16.9. The smallest absolute Gasteiger partial charge is 0.225 e. The Hall–Kier alpha value is -2.37. The number of piperidine rings is 1. The summed E-state index contributed by atoms with van der Waals surface area (Å²) in [4.78, 5) is 14.8. The first kappa shape index (κ1) is 20.4. The third kappa shape index (κ3) is 6.36. The topological polar surface area (TPSA) is 53.6 Å². The fourth-order valence-corrected chi connectivity index (χ4v) is 3.73. The zero-order chi connectivity index (χ0) is 19.8. The molecule has 0 bridgehead atoms. The fraction of sp³-hybridized carbons (Fsp3) is 0.435. The Kier molecular flexibility index (Phi) is 7.46. The average Bonchev–Trinajstić information content (AvgIpc) is 2.70. The van der Waals surface area contributed by atoms with E-state index in [1.807, 2.05) is 24.3 Å². The van der Waals surface area contributed by atoms with Crippen molar-refractivity contribution in [2.45, 2.75) is 44.8 Å². The van der Waals surface area contributed by atoms with Crippen LogP contribution in [0.15, 0.2) is 54.6 Å². The first-order valence-electron chi connectivity index (χ1n) is 10.1. The molecule has 2 aromatic carbocycles. The molecule has 150 valence electrons. The van der Waals surface area contributed by atoms with Gasteiger partial charge < -0.3 is 15.4 Å². The molecule has 1 amide bonds. The first-order valence-corrected chi connectivity index (χ1v) is 10.1. The van der Waals surface area contributed by atoms with Crippen molar-refractivity contribution in [1.29, 1.82) is 0 Å². The van der Waals surface area contributed by atoms with Gasteiger partial charge in [-0.25, -0.2) is 0 Å². The maximum absolute atomic E-state index is 12.3. The van der Waals surface area contributed by atoms with Gasteiger partial charge in [-0.15, -0.1) is 0 Å². The maximum Gasteiger partial charge on any atom is 0.225 e. The Balaban J connectivity index is 1.36. The van der Waals surface area contributed by atoms with E-state index in [0.29, 0.717) is 12.5 Å². The number of amides is 1. The van der Waals surface area contributed by atoms with Crippen molar-refractivity contribution in [2.24, 2.45) is 0 Å². The SMILES string of the molecule is COc1ccc(NC(=O)C[C@H](C)NC2CCN(Cc3ccccc3)CC2)cc1. The number of likely N-dealkylation sites (tertiary alicyclic amines) is 1. The molecule has 0 aromatic heterocycles. The summed E-state index contributed by atoms with van der Waals surface area (Å²) < 4.78 is 5.14. The minimum Gasteiger partial charge on any atom is -0.497 e. The summed E-state index contributed by atoms with van der Waals surface area (Å²) in [5.74, 6) is 0.818. The average molecular weight is 382 g/mol. The van der Waals surface area contributed by atoms with Crippen molar-refractivity contribution in [3.05, 3.63) is 60.2 Å². The van der Waals surface area contributed by atoms with Gasteiger partial charge in [0, 0.05) is 30.7 Å². The highest BCUT2D eigenvalue weighted by atomic mass is 16.5. The molecule has 1 aliphatic heterocycles. The van der Waals surface area contributed by atoms with Crippen LogP contribution in [0, 0.1) is 0 Å². The van der Waals surface area contributed by atoms with Crippen LogP contribution in [-0.2, 0) is 11.3 Å². The van der Waals surface area contributed by atoms with E-state index in [1.165, 1.54) is 5.56 Å². The van der Waals surface area contributed by atoms with Gasteiger partial charge in [-0.1, -0.05) is 30.3 Å². The molecule has 0 saturated carbocycles. The lowest BCUT2D eigenvalue weighted by molar-refractivity contribution is -0.116. The van der Waals surface area contributed by atoms with Crippen LogP contribution < -0.4 is 15.4 Å². The molecule has 1 saturated heterocycles. The lowest BCUT2D eigenvalue weighted by Gasteiger charge is -2.34. The van der Waals surface area contributed by atoms with E-state index in [0.717, 1.165) is 43.9 Å². The van der Waals surface area contributed by atoms with Gasteiger partial charge in [0.25, 0.3) is 0 Å². The van der Waals surface area contributed by atoms with Crippen LogP contribution in [0.5, 0.6) is 5.75 Å². The number of rotatable bonds is 8. The number of anilines is 1. The summed E-state index contributed by atoms with van der Waals surface area (Å²) >= 11 is 0. The Morgan fingerprint density at radius 3 is 2.43 bits per heavy atom. The molecular weight excluding hydrogens is 350 g/mol. The lowest BCUT2D eigenvalue weighted by atomic mass is 10.0. The summed E-state index contributed by atoms with van der Waals surface area (Å²) in [6, 6.07) is 18.7. The highest BCUT2D eigenvalue weighted by molar-refractivity contribution is 5.91. The Morgan fingerprint density at radius 1 is 1.11 bits per heavy atom. The largest absolute Gasteiger partial charge is 0.497 e. The molecule has 1 atom stereocenters. The molecule has 0 spiro atoms. The first-order chi connectivity index (χ1) is 13.6. The van der Waals surface area contributed by atoms with Crippen molar-refractivity contribution < 1.29 is 9.53 Å². The van der Waals surface area contributed by atoms with E-state index >= 15 is 0 Å². The van der Waals surface area contributed by atoms with Crippen LogP contribution in [0.2, 0.25) is 0 Å². The van der Waals surface area contributed by atoms with Gasteiger partial charge in [0.05, 0.1) is 7.11 Å². The molecule has 2 aromatic rings. The van der Waals surface area contributed by atoms with E-state index in [-0.39, 0.29) is 11.9 Å². The minimum atomic E-state index is 0.0340. The van der Waals surface area contributed by atoms with Crippen molar-refractivity contribution in [1.82, 2.24) is 10.2 Å². The number of carbonyl (C=O) groups is 1. The van der Waals surface area contributed by atoms with Gasteiger partial charge in [-0.05, 0) is 62.7 Å². The maximum atomic E-state index is 12.3. The molecule has 1 heterocycles. The molecule has 5 nitrogen and oxygen atoms in total. The van der Waals surface area contributed by atoms with Crippen molar-refractivity contribution in [2.75, 3.05) is 25.5 Å². The molecule has 2 N–H and O–H groups in total. The Bertz CT molecular complexity index is 725. The molecule has 1 fully saturated rings. The highest BCUT2D eigenvalue weighted by Gasteiger charge is 2.21. The summed E-state index contributed by atoms with van der Waals surface area (Å²) in [7, 11) is 1.63. The van der Waals surface area contributed by atoms with Crippen LogP contribution in [0.25, 0.3) is 0 Å². The van der Waals surface area contributed by atoms with E-state index in [9.17, 15) is 4.79 Å². The Morgan fingerprint density at radius 2 is 1.79 bits per heavy atom. The summed E-state index contributed by atoms with van der Waals surface area (Å²) in [5, 5.41) is 6.58. The number of carbonyl (C=O) groups excluding carboxylic acids is 1. The third-order valence-corrected chi connectivity index (χ3v) is 5.22. The van der Waals surface area contributed by atoms with Gasteiger partial charge in [0.2, 0.25) is 5.91 Å². The summed E-state index contributed by atoms with van der Waals surface area (Å²) in [5.41, 5.74) is 2.17. The number of nitrogens with zero attached hydrogens (tertiary/aromatic N) is 1. The number of ether oxygens (including phenoxy) is 1. The predicted molar refractivity (Wildman–Crippen MR) is 114 cm³/mol. The van der Waals surface area contributed by atoms with E-state index < -0.39 is 0 Å². The normalized spacial score (nSPS) is 16.5. The number of nitrogens with one attached hydrogen (secondary N) is 2. The van der Waals surface area contributed by atoms with Crippen molar-refractivity contribution in [3.8, 4) is 5.75 Å². The van der Waals surface area contributed by atoms with E-state index in [4.69, 9.17) is 4.74 Å². The molecule has 5 heteroatoms. The van der Waals surface area contributed by atoms with Gasteiger partial charge in [-0.3, -0.25) is 9.69 Å². The molecule has 0 radical (unpaired) electrons. The zero-order valence-electron chi connectivity index (χ0n) is 16.9. The van der Waals surface area contributed by atoms with Crippen LogP contribution >= 0.6 is 0 Å². The second kappa shape index (κ2) is 10.2. The fourth-order valence-electron chi connectivity index (χ4n) is 3.73. The lowest BCUT2D eigenvalue weighted by Crippen LogP contribution is -2.45. The van der Waals surface area contributed by atoms with Crippen LogP contribution in [0.4, 0.5) is 5.69 Å². The van der Waals surface area contributed by atoms with E-state index in [1.54, 1.807) is 7.11 Å². The minimum absolute atomic E-state index is 0.0340. The number of hydrogen-bond acceptors (Lipinski definition) is 4. The van der Waals surface area contributed by atoms with Crippen molar-refractivity contribution >= 4 is 11.6 Å². The second-order valence-corrected chi connectivity index (χ2v) is 7.58. The third-order valence-electron chi connectivity index (χ3n) is 5.22. The van der Waals surface area contributed by atoms with Gasteiger partial charge >= 0.3 is 0 Å². The molecule has 28 heavy (non-hydrogen) atoms. The summed E-state index contributed by atoms with van der Waals surface area (Å²) in [6.07, 6.45) is 2.71. The van der Waals surface area contributed by atoms with Crippen molar-refractivity contribution in [3.63, 3.8) is 0 Å². The van der Waals surface area contributed by atoms with Gasteiger partial charge in [0.1, 0.15) is 5.75 Å². The van der Waals surface area contributed by atoms with Crippen LogP contribution in [0.3, 0.4) is 0 Å². The number of methoxy groups -OCH3 is 1. The highest BCUT2D eigenvalue weighted by Crippen LogP contribution is 2.17. The van der Waals surface area contributed by atoms with Gasteiger partial charge in [-0.2, -0.15) is 0 Å². The molecule has 0 aliphatic carbocycles. The molecule has 1 aliphatic rings.